The zero-order chi connectivity index (χ0) is 8.84. The van der Waals surface area contributed by atoms with Gasteiger partial charge >= 0.3 is 0 Å². The molecule has 0 unspecified atom stereocenters. The van der Waals surface area contributed by atoms with E-state index in [1.165, 1.54) is 24.0 Å². The molecule has 68 valence electrons. The van der Waals surface area contributed by atoms with Crippen molar-refractivity contribution >= 4 is 0 Å². The predicted octanol–water partition coefficient (Wildman–Crippen LogP) is 2.10. The summed E-state index contributed by atoms with van der Waals surface area (Å²) in [6.45, 7) is 0. The van der Waals surface area contributed by atoms with Crippen LogP contribution in [0.25, 0.3) is 0 Å². The molecule has 1 aromatic carbocycles. The van der Waals surface area contributed by atoms with Gasteiger partial charge in [0.1, 0.15) is 0 Å². The quantitative estimate of drug-likeness (QED) is 0.638. The molecule has 0 saturated heterocycles. The Labute approximate surface area is 78.4 Å². The van der Waals surface area contributed by atoms with Gasteiger partial charge in [-0.15, -0.1) is 0 Å². The van der Waals surface area contributed by atoms with E-state index in [-0.39, 0.29) is 6.10 Å². The fourth-order valence-electron chi connectivity index (χ4n) is 2.99. The summed E-state index contributed by atoms with van der Waals surface area (Å²) in [5.41, 5.74) is 2.88. The summed E-state index contributed by atoms with van der Waals surface area (Å²) in [5, 5.41) is 9.96. The normalized spacial score (nSPS) is 35.9. The van der Waals surface area contributed by atoms with Gasteiger partial charge in [0.2, 0.25) is 0 Å². The SMILES string of the molecule is O[C@H]1[C@@H]2CC[C@H]1c1ccccc1C2. The number of aliphatic hydroxyl groups excluding tert-OH is 1. The number of benzene rings is 1. The lowest BCUT2D eigenvalue weighted by Crippen LogP contribution is -2.26. The summed E-state index contributed by atoms with van der Waals surface area (Å²) in [5.74, 6) is 0.981. The fraction of sp³-hybridized carbons (Fsp3) is 0.500. The van der Waals surface area contributed by atoms with Crippen LogP contribution >= 0.6 is 0 Å². The van der Waals surface area contributed by atoms with E-state index in [0.29, 0.717) is 11.8 Å². The predicted molar refractivity (Wildman–Crippen MR) is 51.6 cm³/mol. The van der Waals surface area contributed by atoms with E-state index in [1.807, 2.05) is 0 Å². The molecule has 1 fully saturated rings. The van der Waals surface area contributed by atoms with Crippen molar-refractivity contribution in [3.8, 4) is 0 Å². The van der Waals surface area contributed by atoms with E-state index in [2.05, 4.69) is 24.3 Å². The highest BCUT2D eigenvalue weighted by Gasteiger charge is 2.40. The number of aliphatic hydroxyl groups is 1. The van der Waals surface area contributed by atoms with Gasteiger partial charge in [-0.25, -0.2) is 0 Å². The summed E-state index contributed by atoms with van der Waals surface area (Å²) in [7, 11) is 0. The van der Waals surface area contributed by atoms with Crippen LogP contribution in [0.15, 0.2) is 24.3 Å². The molecule has 3 atom stereocenters. The first-order valence-corrected chi connectivity index (χ1v) is 5.12. The molecule has 3 rings (SSSR count). The van der Waals surface area contributed by atoms with Gasteiger partial charge in [0.25, 0.3) is 0 Å². The van der Waals surface area contributed by atoms with Gasteiger partial charge in [0, 0.05) is 5.92 Å². The van der Waals surface area contributed by atoms with Crippen LogP contribution in [0.4, 0.5) is 0 Å². The van der Waals surface area contributed by atoms with Gasteiger partial charge in [0.05, 0.1) is 6.10 Å². The summed E-state index contributed by atoms with van der Waals surface area (Å²) in [4.78, 5) is 0. The molecule has 2 aliphatic carbocycles. The summed E-state index contributed by atoms with van der Waals surface area (Å²) in [6.07, 6.45) is 3.42. The zero-order valence-electron chi connectivity index (χ0n) is 7.61. The summed E-state index contributed by atoms with van der Waals surface area (Å²) in [6, 6.07) is 8.59. The number of hydrogen-bond acceptors (Lipinski definition) is 1. The Morgan fingerprint density at radius 1 is 1.15 bits per heavy atom. The van der Waals surface area contributed by atoms with Crippen molar-refractivity contribution in [1.29, 1.82) is 0 Å². The van der Waals surface area contributed by atoms with Crippen LogP contribution in [-0.4, -0.2) is 11.2 Å². The lowest BCUT2D eigenvalue weighted by molar-refractivity contribution is 0.109. The van der Waals surface area contributed by atoms with Crippen molar-refractivity contribution < 1.29 is 5.11 Å². The van der Waals surface area contributed by atoms with Crippen LogP contribution in [0.1, 0.15) is 29.9 Å². The highest BCUT2D eigenvalue weighted by Crippen LogP contribution is 2.45. The number of hydrogen-bond donors (Lipinski definition) is 1. The molecule has 0 aromatic heterocycles. The highest BCUT2D eigenvalue weighted by molar-refractivity contribution is 5.36. The largest absolute Gasteiger partial charge is 0.392 e. The van der Waals surface area contributed by atoms with E-state index in [9.17, 15) is 5.11 Å². The smallest absolute Gasteiger partial charge is 0.0640 e. The minimum atomic E-state index is -0.0603. The molecular weight excluding hydrogens is 160 g/mol. The van der Waals surface area contributed by atoms with Crippen molar-refractivity contribution in [3.05, 3.63) is 35.4 Å². The van der Waals surface area contributed by atoms with Crippen molar-refractivity contribution in [2.24, 2.45) is 5.92 Å². The topological polar surface area (TPSA) is 20.2 Å². The molecule has 2 aliphatic rings. The van der Waals surface area contributed by atoms with Crippen LogP contribution in [0.5, 0.6) is 0 Å². The Bertz CT molecular complexity index is 332. The molecule has 0 heterocycles. The van der Waals surface area contributed by atoms with Crippen LogP contribution in [0.2, 0.25) is 0 Å². The van der Waals surface area contributed by atoms with Crippen molar-refractivity contribution in [3.63, 3.8) is 0 Å². The van der Waals surface area contributed by atoms with Crippen LogP contribution in [-0.2, 0) is 6.42 Å². The molecule has 1 heteroatoms. The molecule has 0 radical (unpaired) electrons. The second-order valence-electron chi connectivity index (χ2n) is 4.34. The Kier molecular flexibility index (Phi) is 1.50. The molecule has 0 amide bonds. The molecule has 0 spiro atoms. The van der Waals surface area contributed by atoms with E-state index in [0.717, 1.165) is 6.42 Å². The van der Waals surface area contributed by atoms with E-state index >= 15 is 0 Å². The van der Waals surface area contributed by atoms with E-state index < -0.39 is 0 Å². The minimum absolute atomic E-state index is 0.0603. The lowest BCUT2D eigenvalue weighted by Gasteiger charge is -2.28. The van der Waals surface area contributed by atoms with E-state index in [4.69, 9.17) is 0 Å². The Morgan fingerprint density at radius 3 is 2.92 bits per heavy atom. The first-order chi connectivity index (χ1) is 6.36. The van der Waals surface area contributed by atoms with Gasteiger partial charge < -0.3 is 5.11 Å². The van der Waals surface area contributed by atoms with Crippen molar-refractivity contribution in [1.82, 2.24) is 0 Å². The molecular formula is C12H14O. The molecule has 1 N–H and O–H groups in total. The van der Waals surface area contributed by atoms with Gasteiger partial charge in [-0.1, -0.05) is 24.3 Å². The minimum Gasteiger partial charge on any atom is -0.392 e. The Morgan fingerprint density at radius 2 is 2.00 bits per heavy atom. The molecule has 1 nitrogen and oxygen atoms in total. The van der Waals surface area contributed by atoms with Crippen LogP contribution in [0, 0.1) is 5.92 Å². The van der Waals surface area contributed by atoms with Gasteiger partial charge in [0.15, 0.2) is 0 Å². The molecule has 1 aromatic rings. The Hall–Kier alpha value is -0.820. The number of rotatable bonds is 0. The monoisotopic (exact) mass is 174 g/mol. The second-order valence-corrected chi connectivity index (χ2v) is 4.34. The molecule has 13 heavy (non-hydrogen) atoms. The maximum atomic E-state index is 9.96. The first kappa shape index (κ1) is 7.57. The molecule has 0 aliphatic heterocycles. The maximum Gasteiger partial charge on any atom is 0.0640 e. The zero-order valence-corrected chi connectivity index (χ0v) is 7.61. The van der Waals surface area contributed by atoms with Crippen molar-refractivity contribution in [2.75, 3.05) is 0 Å². The third-order valence-corrected chi connectivity index (χ3v) is 3.68. The molecule has 2 bridgehead atoms. The van der Waals surface area contributed by atoms with Crippen LogP contribution < -0.4 is 0 Å². The third-order valence-electron chi connectivity index (χ3n) is 3.68. The fourth-order valence-corrected chi connectivity index (χ4v) is 2.99. The maximum absolute atomic E-state index is 9.96. The third kappa shape index (κ3) is 0.969. The summed E-state index contributed by atoms with van der Waals surface area (Å²) < 4.78 is 0. The first-order valence-electron chi connectivity index (χ1n) is 5.12. The average molecular weight is 174 g/mol. The molecule has 1 saturated carbocycles. The van der Waals surface area contributed by atoms with Gasteiger partial charge in [-0.3, -0.25) is 0 Å². The van der Waals surface area contributed by atoms with Crippen LogP contribution in [0.3, 0.4) is 0 Å². The van der Waals surface area contributed by atoms with Gasteiger partial charge in [-0.2, -0.15) is 0 Å². The highest BCUT2D eigenvalue weighted by atomic mass is 16.3. The van der Waals surface area contributed by atoms with E-state index in [1.54, 1.807) is 0 Å². The Balaban J connectivity index is 2.12. The number of fused-ring (bicyclic) bond motifs is 4. The standard InChI is InChI=1S/C12H14O/c13-12-9-5-6-11(12)10-4-2-1-3-8(10)7-9/h1-4,9,11-13H,5-7H2/t9-,11+,12+/m1/s1. The van der Waals surface area contributed by atoms with Crippen molar-refractivity contribution in [2.45, 2.75) is 31.3 Å². The lowest BCUT2D eigenvalue weighted by atomic mass is 9.81. The average Bonchev–Trinajstić information content (AvgIpc) is 2.43. The second kappa shape index (κ2) is 2.58. The summed E-state index contributed by atoms with van der Waals surface area (Å²) >= 11 is 0. The van der Waals surface area contributed by atoms with Gasteiger partial charge in [-0.05, 0) is 36.3 Å².